The van der Waals surface area contributed by atoms with E-state index in [-0.39, 0.29) is 69.4 Å². The molecule has 26 N–H and O–H groups in total. The molecule has 0 aromatic rings. The zero-order chi connectivity index (χ0) is 75.1. The van der Waals surface area contributed by atoms with E-state index in [2.05, 4.69) is 63.5 Å². The molecule has 98 heavy (non-hydrogen) atoms. The van der Waals surface area contributed by atoms with Crippen LogP contribution in [0.4, 0.5) is 0 Å². The normalized spacial score (nSPS) is 15.2. The second-order valence-corrected chi connectivity index (χ2v) is 25.6. The van der Waals surface area contributed by atoms with Gasteiger partial charge in [-0.1, -0.05) is 88.5 Å². The molecule has 36 heteroatoms. The molecule has 0 radical (unpaired) electrons. The number of carboxylic acid groups (broad SMARTS) is 3. The number of amides is 12. The van der Waals surface area contributed by atoms with Gasteiger partial charge in [0.25, 0.3) is 0 Å². The van der Waals surface area contributed by atoms with E-state index < -0.39 is 205 Å². The van der Waals surface area contributed by atoms with Gasteiger partial charge in [-0.3, -0.25) is 72.1 Å². The molecule has 0 spiro atoms. The average Bonchev–Trinajstić information content (AvgIpc) is 0.853. The highest BCUT2D eigenvalue weighted by Gasteiger charge is 2.39. The van der Waals surface area contributed by atoms with E-state index in [0.717, 1.165) is 0 Å². The van der Waals surface area contributed by atoms with Crippen LogP contribution in [0.15, 0.2) is 4.99 Å². The fourth-order valence-corrected chi connectivity index (χ4v) is 9.74. The molecule has 0 aliphatic rings. The highest BCUT2D eigenvalue weighted by Crippen LogP contribution is 2.16. The van der Waals surface area contributed by atoms with Crippen LogP contribution in [0.3, 0.4) is 0 Å². The van der Waals surface area contributed by atoms with Crippen LogP contribution in [0.1, 0.15) is 172 Å². The largest absolute Gasteiger partial charge is 0.481 e. The van der Waals surface area contributed by atoms with Crippen molar-refractivity contribution < 1.29 is 87.2 Å². The fraction of sp³-hybridized carbons (Fsp3) is 0.742. The van der Waals surface area contributed by atoms with E-state index in [0.29, 0.717) is 45.1 Å². The van der Waals surface area contributed by atoms with Crippen LogP contribution in [0.2, 0.25) is 0 Å². The van der Waals surface area contributed by atoms with Crippen LogP contribution in [0, 0.1) is 29.6 Å². The Morgan fingerprint density at radius 1 is 0.408 bits per heavy atom. The zero-order valence-electron chi connectivity index (χ0n) is 58.3. The number of carbonyl (C=O) groups excluding carboxylic acids is 12. The first-order chi connectivity index (χ1) is 45.8. The maximum atomic E-state index is 14.4. The van der Waals surface area contributed by atoms with Crippen molar-refractivity contribution in [2.24, 2.45) is 69.0 Å². The van der Waals surface area contributed by atoms with Crippen LogP contribution in [-0.2, 0) is 71.9 Å². The molecule has 12 amide bonds. The Hall–Kier alpha value is -8.80. The average molecular weight is 1400 g/mol. The van der Waals surface area contributed by atoms with Crippen LogP contribution in [0.25, 0.3) is 0 Å². The van der Waals surface area contributed by atoms with Gasteiger partial charge in [0.15, 0.2) is 5.96 Å². The molecular weight excluding hydrogens is 1280 g/mol. The van der Waals surface area contributed by atoms with Crippen LogP contribution in [-0.4, -0.2) is 203 Å². The molecule has 0 saturated heterocycles. The summed E-state index contributed by atoms with van der Waals surface area (Å²) in [4.78, 5) is 204. The van der Waals surface area contributed by atoms with E-state index in [1.54, 1.807) is 62.3 Å². The topological polar surface area (TPSA) is 618 Å². The Morgan fingerprint density at radius 2 is 0.806 bits per heavy atom. The lowest BCUT2D eigenvalue weighted by Crippen LogP contribution is -2.62. The second kappa shape index (κ2) is 47.2. The van der Waals surface area contributed by atoms with E-state index in [9.17, 15) is 87.2 Å². The molecule has 0 bridgehead atoms. The molecule has 0 aliphatic heterocycles. The Balaban J connectivity index is 6.84. The first-order valence-electron chi connectivity index (χ1n) is 33.3. The van der Waals surface area contributed by atoms with Gasteiger partial charge >= 0.3 is 17.9 Å². The first kappa shape index (κ1) is 89.2. The summed E-state index contributed by atoms with van der Waals surface area (Å²) in [5.41, 5.74) is 33.8. The number of aliphatic imine (C=N–C) groups is 1. The molecular formula is C62H112N18O18. The molecule has 13 atom stereocenters. The lowest BCUT2D eigenvalue weighted by atomic mass is 9.93. The van der Waals surface area contributed by atoms with E-state index in [1.165, 1.54) is 0 Å². The number of nitrogens with one attached hydrogen (secondary N) is 11. The van der Waals surface area contributed by atoms with Crippen molar-refractivity contribution in [3.8, 4) is 0 Å². The number of guanidine groups is 1. The number of primary amides is 1. The molecule has 0 unspecified atom stereocenters. The van der Waals surface area contributed by atoms with Crippen molar-refractivity contribution >= 4 is 94.8 Å². The van der Waals surface area contributed by atoms with Gasteiger partial charge in [0.1, 0.15) is 60.4 Å². The second-order valence-electron chi connectivity index (χ2n) is 25.6. The van der Waals surface area contributed by atoms with Crippen LogP contribution in [0.5, 0.6) is 0 Å². The molecule has 0 saturated carbocycles. The summed E-state index contributed by atoms with van der Waals surface area (Å²) in [6.45, 7) is 16.6. The van der Waals surface area contributed by atoms with Gasteiger partial charge in [-0.05, 0) is 107 Å². The fourth-order valence-electron chi connectivity index (χ4n) is 9.74. The molecule has 0 aromatic heterocycles. The number of nitrogens with two attached hydrogens (primary N) is 6. The quantitative estimate of drug-likeness (QED) is 0.0156. The predicted octanol–water partition coefficient (Wildman–Crippen LogP) is -4.27. The van der Waals surface area contributed by atoms with E-state index in [4.69, 9.17) is 34.4 Å². The van der Waals surface area contributed by atoms with Crippen molar-refractivity contribution in [2.45, 2.75) is 238 Å². The Morgan fingerprint density at radius 3 is 1.27 bits per heavy atom. The third-order valence-corrected chi connectivity index (χ3v) is 15.7. The van der Waals surface area contributed by atoms with Crippen molar-refractivity contribution in [3.05, 3.63) is 0 Å². The van der Waals surface area contributed by atoms with Crippen LogP contribution >= 0.6 is 0 Å². The first-order valence-corrected chi connectivity index (χ1v) is 33.3. The van der Waals surface area contributed by atoms with Gasteiger partial charge in [-0.25, -0.2) is 4.79 Å². The lowest BCUT2D eigenvalue weighted by Gasteiger charge is -2.31. The number of hydrogen-bond acceptors (Lipinski definition) is 19. The number of aliphatic carboxylic acids is 3. The Bertz CT molecular complexity index is 2700. The molecule has 0 heterocycles. The summed E-state index contributed by atoms with van der Waals surface area (Å²) in [7, 11) is 0. The van der Waals surface area contributed by atoms with Gasteiger partial charge in [-0.2, -0.15) is 0 Å². The highest BCUT2D eigenvalue weighted by molar-refractivity contribution is 6.00. The minimum absolute atomic E-state index is 0.00395. The lowest BCUT2D eigenvalue weighted by molar-refractivity contribution is -0.143. The molecule has 36 nitrogen and oxygen atoms in total. The van der Waals surface area contributed by atoms with Gasteiger partial charge in [0, 0.05) is 13.0 Å². The number of carbonyl (C=O) groups is 15. The highest BCUT2D eigenvalue weighted by atomic mass is 16.4. The van der Waals surface area contributed by atoms with Gasteiger partial charge < -0.3 is 108 Å². The van der Waals surface area contributed by atoms with Crippen molar-refractivity contribution in [1.82, 2.24) is 58.5 Å². The summed E-state index contributed by atoms with van der Waals surface area (Å²) in [5.74, 6) is -18.7. The number of carboxylic acids is 3. The van der Waals surface area contributed by atoms with Gasteiger partial charge in [-0.15, -0.1) is 0 Å². The Kier molecular flexibility index (Phi) is 43.0. The third kappa shape index (κ3) is 36.0. The standard InChI is InChI=1S/C62H112N18O18/c1-11-34(9)49(79-51(87)36(65)18-13-15-23-63)60(96)80-50(35(10)12-2)59(95)78-48(33(7)8)58(94)73-38(19-14-16-24-64)54(90)74-40(26-31(3)4)56(92)75-41(28-44(66)81)57(93)76-42(29-47(85)86)52(88)70-30-45(82)71-37(20-17-25-69-62(67)68)53(89)72-39(21-22-46(83)84)55(91)77-43(61(97)98)27-32(5)6/h31-43,48-50H,11-30,63-65H2,1-10H3,(H2,66,81)(H,70,88)(H,71,82)(H,72,89)(H,73,94)(H,74,90)(H,75,92)(H,76,93)(H,77,91)(H,78,95)(H,79,87)(H,80,96)(H,83,84)(H,85,86)(H,97,98)(H4,67,68,69)/t34-,35-,36-,37-,38-,39-,40-,41-,42-,43-,48-,49-,50-/m0/s1. The van der Waals surface area contributed by atoms with Gasteiger partial charge in [0.2, 0.25) is 70.9 Å². The number of unbranched alkanes of at least 4 members (excludes halogenated alkanes) is 2. The number of hydrogen-bond donors (Lipinski definition) is 20. The maximum Gasteiger partial charge on any atom is 0.326 e. The summed E-state index contributed by atoms with van der Waals surface area (Å²) in [6, 6.07) is -16.0. The van der Waals surface area contributed by atoms with Crippen LogP contribution < -0.4 is 92.9 Å². The zero-order valence-corrected chi connectivity index (χ0v) is 58.3. The van der Waals surface area contributed by atoms with E-state index >= 15 is 0 Å². The summed E-state index contributed by atoms with van der Waals surface area (Å²) in [6.07, 6.45) is -0.628. The summed E-state index contributed by atoms with van der Waals surface area (Å²) < 4.78 is 0. The third-order valence-electron chi connectivity index (χ3n) is 15.7. The van der Waals surface area contributed by atoms with Crippen molar-refractivity contribution in [1.29, 1.82) is 0 Å². The SMILES string of the molecule is CC[C@H](C)[C@H](NC(=O)[C@@H](NC(=O)[C@@H](N)CCCCN)[C@@H](C)CC)C(=O)N[C@H](C(=O)N[C@@H](CCCCN)C(=O)N[C@@H](CC(C)C)C(=O)N[C@@H](CC(N)=O)C(=O)N[C@@H](CC(=O)O)C(=O)NCC(=O)N[C@@H](CCCN=C(N)N)C(=O)N[C@@H](CCC(=O)O)C(=O)N[C@@H](CC(C)C)C(=O)O)C(C)C. The molecule has 0 fully saturated rings. The van der Waals surface area contributed by atoms with E-state index in [1.807, 2.05) is 6.92 Å². The van der Waals surface area contributed by atoms with Gasteiger partial charge in [0.05, 0.1) is 25.4 Å². The predicted molar refractivity (Wildman–Crippen MR) is 359 cm³/mol. The number of nitrogens with zero attached hydrogens (tertiary/aromatic N) is 1. The minimum Gasteiger partial charge on any atom is -0.481 e. The summed E-state index contributed by atoms with van der Waals surface area (Å²) in [5, 5.41) is 55.9. The Labute approximate surface area is 572 Å². The minimum atomic E-state index is -2.04. The smallest absolute Gasteiger partial charge is 0.326 e. The van der Waals surface area contributed by atoms with Crippen molar-refractivity contribution in [2.75, 3.05) is 26.2 Å². The summed E-state index contributed by atoms with van der Waals surface area (Å²) >= 11 is 0. The van der Waals surface area contributed by atoms with Crippen molar-refractivity contribution in [3.63, 3.8) is 0 Å². The monoisotopic (exact) mass is 1400 g/mol. The number of rotatable bonds is 51. The molecule has 0 aromatic carbocycles. The molecule has 558 valence electrons. The molecule has 0 aliphatic carbocycles. The molecule has 0 rings (SSSR count). The maximum absolute atomic E-state index is 14.4.